The first kappa shape index (κ1) is 16.8. The van der Waals surface area contributed by atoms with Crippen molar-refractivity contribution in [3.8, 4) is 0 Å². The van der Waals surface area contributed by atoms with Crippen molar-refractivity contribution < 1.29 is 14.3 Å². The van der Waals surface area contributed by atoms with E-state index in [9.17, 15) is 4.79 Å². The maximum absolute atomic E-state index is 12.6. The summed E-state index contributed by atoms with van der Waals surface area (Å²) in [6.45, 7) is 2.83. The van der Waals surface area contributed by atoms with Gasteiger partial charge < -0.3 is 18.9 Å². The molecule has 1 aliphatic rings. The Hall–Kier alpha value is -2.64. The van der Waals surface area contributed by atoms with E-state index < -0.39 is 0 Å². The predicted octanol–water partition coefficient (Wildman–Crippen LogP) is 1.90. The number of carbonyl (C=O) groups excluding carboxylic acids is 1. The fourth-order valence-corrected chi connectivity index (χ4v) is 3.24. The second kappa shape index (κ2) is 7.31. The number of H-pyrrole nitrogens is 1. The summed E-state index contributed by atoms with van der Waals surface area (Å²) < 4.78 is 13.1. The van der Waals surface area contributed by atoms with Crippen LogP contribution in [-0.2, 0) is 16.0 Å². The van der Waals surface area contributed by atoms with Crippen molar-refractivity contribution in [3.05, 3.63) is 54.0 Å². The standard InChI is InChI=1S/C19H22N4O3/c1-22(12-16-13-25-8-9-26-16)19(24)17-10-15(20-21-17)11-23-7-6-14-4-2-3-5-18(14)23/h2-7,10,16H,8-9,11-13H2,1H3,(H,20,21)/t16-/m0/s1. The van der Waals surface area contributed by atoms with Gasteiger partial charge in [0.1, 0.15) is 5.69 Å². The number of ether oxygens (including phenoxy) is 2. The first-order chi connectivity index (χ1) is 12.7. The highest BCUT2D eigenvalue weighted by Gasteiger charge is 2.21. The molecule has 2 aromatic heterocycles. The van der Waals surface area contributed by atoms with Crippen LogP contribution < -0.4 is 0 Å². The van der Waals surface area contributed by atoms with Gasteiger partial charge in [0.15, 0.2) is 0 Å². The first-order valence-corrected chi connectivity index (χ1v) is 8.73. The first-order valence-electron chi connectivity index (χ1n) is 8.73. The Morgan fingerprint density at radius 3 is 3.08 bits per heavy atom. The number of nitrogens with zero attached hydrogens (tertiary/aromatic N) is 3. The van der Waals surface area contributed by atoms with Gasteiger partial charge in [0.2, 0.25) is 0 Å². The van der Waals surface area contributed by atoms with Gasteiger partial charge in [0.05, 0.1) is 38.2 Å². The number of aromatic amines is 1. The Labute approximate surface area is 151 Å². The summed E-state index contributed by atoms with van der Waals surface area (Å²) in [4.78, 5) is 14.2. The average Bonchev–Trinajstić information content (AvgIpc) is 3.30. The van der Waals surface area contributed by atoms with Gasteiger partial charge in [-0.15, -0.1) is 0 Å². The molecule has 4 rings (SSSR count). The molecule has 3 heterocycles. The van der Waals surface area contributed by atoms with Crippen LogP contribution >= 0.6 is 0 Å². The summed E-state index contributed by atoms with van der Waals surface area (Å²) >= 11 is 0. The molecule has 0 saturated carbocycles. The Morgan fingerprint density at radius 2 is 2.23 bits per heavy atom. The molecular formula is C19H22N4O3. The zero-order chi connectivity index (χ0) is 17.9. The molecule has 1 amide bonds. The van der Waals surface area contributed by atoms with Gasteiger partial charge in [-0.2, -0.15) is 5.10 Å². The lowest BCUT2D eigenvalue weighted by molar-refractivity contribution is -0.0933. The molecule has 0 radical (unpaired) electrons. The van der Waals surface area contributed by atoms with Gasteiger partial charge in [0.25, 0.3) is 5.91 Å². The number of amides is 1. The van der Waals surface area contributed by atoms with E-state index in [-0.39, 0.29) is 12.0 Å². The molecular weight excluding hydrogens is 332 g/mol. The highest BCUT2D eigenvalue weighted by atomic mass is 16.6. The van der Waals surface area contributed by atoms with E-state index in [0.29, 0.717) is 38.6 Å². The SMILES string of the molecule is CN(C[C@H]1COCCO1)C(=O)c1cc(Cn2ccc3ccccc32)[nH]n1. The Balaban J connectivity index is 1.42. The number of para-hydroxylation sites is 1. The molecule has 1 atom stereocenters. The third-order valence-electron chi connectivity index (χ3n) is 4.58. The van der Waals surface area contributed by atoms with Crippen molar-refractivity contribution in [1.82, 2.24) is 19.7 Å². The lowest BCUT2D eigenvalue weighted by atomic mass is 10.2. The number of hydrogen-bond donors (Lipinski definition) is 1. The van der Waals surface area contributed by atoms with E-state index in [1.807, 2.05) is 24.4 Å². The van der Waals surface area contributed by atoms with Gasteiger partial charge in [-0.05, 0) is 23.6 Å². The maximum Gasteiger partial charge on any atom is 0.274 e. The van der Waals surface area contributed by atoms with E-state index in [0.717, 1.165) is 11.2 Å². The van der Waals surface area contributed by atoms with E-state index >= 15 is 0 Å². The third kappa shape index (κ3) is 3.49. The fraction of sp³-hybridized carbons (Fsp3) is 0.368. The molecule has 0 spiro atoms. The second-order valence-electron chi connectivity index (χ2n) is 6.53. The summed E-state index contributed by atoms with van der Waals surface area (Å²) in [6.07, 6.45) is 1.96. The van der Waals surface area contributed by atoms with Crippen molar-refractivity contribution in [2.75, 3.05) is 33.4 Å². The van der Waals surface area contributed by atoms with Crippen LogP contribution in [0.25, 0.3) is 10.9 Å². The minimum atomic E-state index is -0.126. The van der Waals surface area contributed by atoms with Crippen molar-refractivity contribution in [2.45, 2.75) is 12.6 Å². The average molecular weight is 354 g/mol. The lowest BCUT2D eigenvalue weighted by Gasteiger charge is -2.27. The molecule has 26 heavy (non-hydrogen) atoms. The summed E-state index contributed by atoms with van der Waals surface area (Å²) in [5, 5.41) is 8.36. The second-order valence-corrected chi connectivity index (χ2v) is 6.53. The topological polar surface area (TPSA) is 72.4 Å². The molecule has 0 unspecified atom stereocenters. The van der Waals surface area contributed by atoms with Crippen LogP contribution in [0.15, 0.2) is 42.6 Å². The van der Waals surface area contributed by atoms with Crippen LogP contribution in [0.5, 0.6) is 0 Å². The third-order valence-corrected chi connectivity index (χ3v) is 4.58. The van der Waals surface area contributed by atoms with Gasteiger partial charge in [-0.1, -0.05) is 18.2 Å². The number of nitrogens with one attached hydrogen (secondary N) is 1. The Bertz CT molecular complexity index is 895. The molecule has 3 aromatic rings. The molecule has 1 aliphatic heterocycles. The number of hydrogen-bond acceptors (Lipinski definition) is 4. The normalized spacial score (nSPS) is 17.5. The van der Waals surface area contributed by atoms with Gasteiger partial charge in [0, 0.05) is 25.3 Å². The summed E-state index contributed by atoms with van der Waals surface area (Å²) in [5.74, 6) is -0.126. The number of fused-ring (bicyclic) bond motifs is 1. The predicted molar refractivity (Wildman–Crippen MR) is 97.1 cm³/mol. The largest absolute Gasteiger partial charge is 0.376 e. The Kier molecular flexibility index (Phi) is 4.73. The number of aromatic nitrogens is 3. The van der Waals surface area contributed by atoms with Gasteiger partial charge >= 0.3 is 0 Å². The molecule has 1 fully saturated rings. The number of carbonyl (C=O) groups is 1. The maximum atomic E-state index is 12.6. The van der Waals surface area contributed by atoms with Crippen molar-refractivity contribution >= 4 is 16.8 Å². The minimum Gasteiger partial charge on any atom is -0.376 e. The Morgan fingerprint density at radius 1 is 1.35 bits per heavy atom. The highest BCUT2D eigenvalue weighted by molar-refractivity contribution is 5.92. The number of rotatable bonds is 5. The van der Waals surface area contributed by atoms with E-state index in [1.54, 1.807) is 11.9 Å². The number of benzene rings is 1. The van der Waals surface area contributed by atoms with Crippen LogP contribution in [-0.4, -0.2) is 65.1 Å². The van der Waals surface area contributed by atoms with Crippen molar-refractivity contribution in [3.63, 3.8) is 0 Å². The highest BCUT2D eigenvalue weighted by Crippen LogP contribution is 2.16. The fourth-order valence-electron chi connectivity index (χ4n) is 3.24. The van der Waals surface area contributed by atoms with Crippen molar-refractivity contribution in [1.29, 1.82) is 0 Å². The molecule has 1 aromatic carbocycles. The smallest absolute Gasteiger partial charge is 0.274 e. The molecule has 1 N–H and O–H groups in total. The molecule has 0 aliphatic carbocycles. The zero-order valence-corrected chi connectivity index (χ0v) is 14.7. The van der Waals surface area contributed by atoms with Gasteiger partial charge in [-0.3, -0.25) is 9.89 Å². The summed E-state index contributed by atoms with van der Waals surface area (Å²) in [6, 6.07) is 12.1. The monoisotopic (exact) mass is 354 g/mol. The molecule has 0 bridgehead atoms. The summed E-state index contributed by atoms with van der Waals surface area (Å²) in [7, 11) is 1.76. The van der Waals surface area contributed by atoms with Crippen LogP contribution in [0.3, 0.4) is 0 Å². The summed E-state index contributed by atoms with van der Waals surface area (Å²) in [5.41, 5.74) is 2.46. The molecule has 7 nitrogen and oxygen atoms in total. The molecule has 1 saturated heterocycles. The number of likely N-dealkylation sites (N-methyl/N-ethyl adjacent to an activating group) is 1. The van der Waals surface area contributed by atoms with Gasteiger partial charge in [-0.25, -0.2) is 0 Å². The van der Waals surface area contributed by atoms with Crippen LogP contribution in [0.2, 0.25) is 0 Å². The van der Waals surface area contributed by atoms with Crippen LogP contribution in [0.1, 0.15) is 16.2 Å². The molecule has 136 valence electrons. The van der Waals surface area contributed by atoms with Crippen LogP contribution in [0.4, 0.5) is 0 Å². The van der Waals surface area contributed by atoms with E-state index in [1.165, 1.54) is 5.39 Å². The van der Waals surface area contributed by atoms with E-state index in [4.69, 9.17) is 9.47 Å². The van der Waals surface area contributed by atoms with Crippen molar-refractivity contribution in [2.24, 2.45) is 0 Å². The minimum absolute atomic E-state index is 0.0812. The van der Waals surface area contributed by atoms with E-state index in [2.05, 4.69) is 33.0 Å². The molecule has 7 heteroatoms. The quantitative estimate of drug-likeness (QED) is 0.760. The lowest BCUT2D eigenvalue weighted by Crippen LogP contribution is -2.40. The van der Waals surface area contributed by atoms with Crippen LogP contribution in [0, 0.1) is 0 Å². The zero-order valence-electron chi connectivity index (χ0n) is 14.7.